The molecule has 0 bridgehead atoms. The molecular weight excluding hydrogens is 110 g/mol. The van der Waals surface area contributed by atoms with Gasteiger partial charge in [0.25, 0.3) is 0 Å². The van der Waals surface area contributed by atoms with E-state index in [2.05, 4.69) is 24.6 Å². The van der Waals surface area contributed by atoms with E-state index in [1.807, 2.05) is 0 Å². The SMILES string of the molecule is C=CC1C(C2CC2)N1C. The standard InChI is InChI=1S/C8H13N/c1-3-7-8(9(7)2)6-4-5-6/h3,6-8H,1,4-5H2,2H3. The molecule has 1 saturated heterocycles. The molecule has 50 valence electrons. The Labute approximate surface area is 56.4 Å². The lowest BCUT2D eigenvalue weighted by Crippen LogP contribution is -1.94. The molecule has 0 radical (unpaired) electrons. The molecule has 0 aromatic heterocycles. The zero-order chi connectivity index (χ0) is 6.43. The van der Waals surface area contributed by atoms with Crippen LogP contribution in [0.2, 0.25) is 0 Å². The van der Waals surface area contributed by atoms with Crippen molar-refractivity contribution in [2.45, 2.75) is 24.9 Å². The van der Waals surface area contributed by atoms with Crippen LogP contribution < -0.4 is 0 Å². The monoisotopic (exact) mass is 123 g/mol. The number of likely N-dealkylation sites (N-methyl/N-ethyl adjacent to an activating group) is 1. The van der Waals surface area contributed by atoms with Crippen LogP contribution in [-0.2, 0) is 0 Å². The third-order valence-electron chi connectivity index (χ3n) is 2.55. The van der Waals surface area contributed by atoms with E-state index >= 15 is 0 Å². The summed E-state index contributed by atoms with van der Waals surface area (Å²) in [7, 11) is 2.19. The van der Waals surface area contributed by atoms with Gasteiger partial charge in [0.15, 0.2) is 0 Å². The maximum atomic E-state index is 3.79. The van der Waals surface area contributed by atoms with E-state index in [1.165, 1.54) is 12.8 Å². The highest BCUT2D eigenvalue weighted by molar-refractivity contribution is 5.14. The third-order valence-corrected chi connectivity index (χ3v) is 2.55. The minimum Gasteiger partial charge on any atom is -0.293 e. The van der Waals surface area contributed by atoms with E-state index in [0.29, 0.717) is 0 Å². The quantitative estimate of drug-likeness (QED) is 0.394. The molecule has 3 atom stereocenters. The third kappa shape index (κ3) is 0.715. The van der Waals surface area contributed by atoms with Gasteiger partial charge in [0.1, 0.15) is 0 Å². The van der Waals surface area contributed by atoms with Crippen LogP contribution in [0.25, 0.3) is 0 Å². The summed E-state index contributed by atoms with van der Waals surface area (Å²) in [6.07, 6.45) is 4.99. The second-order valence-corrected chi connectivity index (χ2v) is 3.22. The van der Waals surface area contributed by atoms with Gasteiger partial charge in [0.05, 0.1) is 0 Å². The molecule has 0 amide bonds. The van der Waals surface area contributed by atoms with Crippen molar-refractivity contribution in [1.29, 1.82) is 0 Å². The molecule has 0 aromatic carbocycles. The van der Waals surface area contributed by atoms with Gasteiger partial charge in [-0.3, -0.25) is 4.90 Å². The highest BCUT2D eigenvalue weighted by Crippen LogP contribution is 2.45. The lowest BCUT2D eigenvalue weighted by molar-refractivity contribution is 0.568. The Morgan fingerprint density at radius 3 is 2.56 bits per heavy atom. The molecule has 3 unspecified atom stereocenters. The van der Waals surface area contributed by atoms with Crippen molar-refractivity contribution in [2.24, 2.45) is 5.92 Å². The normalized spacial score (nSPS) is 48.8. The molecule has 0 N–H and O–H groups in total. The van der Waals surface area contributed by atoms with Crippen molar-refractivity contribution in [1.82, 2.24) is 4.90 Å². The maximum Gasteiger partial charge on any atom is 0.0435 e. The summed E-state index contributed by atoms with van der Waals surface area (Å²) in [4.78, 5) is 2.41. The topological polar surface area (TPSA) is 3.01 Å². The molecule has 2 fully saturated rings. The average Bonchev–Trinajstić information content (AvgIpc) is 2.61. The molecule has 9 heavy (non-hydrogen) atoms. The Hall–Kier alpha value is -0.300. The molecule has 1 heteroatoms. The van der Waals surface area contributed by atoms with E-state index in [9.17, 15) is 0 Å². The Kier molecular flexibility index (Phi) is 0.974. The number of rotatable bonds is 2. The van der Waals surface area contributed by atoms with Gasteiger partial charge in [0.2, 0.25) is 0 Å². The Balaban J connectivity index is 1.94. The van der Waals surface area contributed by atoms with Crippen molar-refractivity contribution in [3.8, 4) is 0 Å². The Morgan fingerprint density at radius 1 is 1.56 bits per heavy atom. The van der Waals surface area contributed by atoms with Crippen molar-refractivity contribution >= 4 is 0 Å². The predicted octanol–water partition coefficient (Wildman–Crippen LogP) is 1.27. The van der Waals surface area contributed by atoms with Crippen molar-refractivity contribution in [3.05, 3.63) is 12.7 Å². The van der Waals surface area contributed by atoms with Gasteiger partial charge in [-0.1, -0.05) is 6.08 Å². The van der Waals surface area contributed by atoms with Crippen LogP contribution in [-0.4, -0.2) is 24.0 Å². The summed E-state index contributed by atoms with van der Waals surface area (Å²) in [5.41, 5.74) is 0. The van der Waals surface area contributed by atoms with Gasteiger partial charge in [-0.05, 0) is 25.8 Å². The molecule has 1 aliphatic carbocycles. The van der Waals surface area contributed by atoms with Gasteiger partial charge in [-0.25, -0.2) is 0 Å². The molecule has 1 saturated carbocycles. The van der Waals surface area contributed by atoms with Gasteiger partial charge in [0, 0.05) is 12.1 Å². The van der Waals surface area contributed by atoms with Gasteiger partial charge >= 0.3 is 0 Å². The molecule has 1 heterocycles. The van der Waals surface area contributed by atoms with E-state index < -0.39 is 0 Å². The highest BCUT2D eigenvalue weighted by atomic mass is 15.3. The van der Waals surface area contributed by atoms with Crippen molar-refractivity contribution in [2.75, 3.05) is 7.05 Å². The van der Waals surface area contributed by atoms with E-state index in [4.69, 9.17) is 0 Å². The Morgan fingerprint density at radius 2 is 2.22 bits per heavy atom. The second-order valence-electron chi connectivity index (χ2n) is 3.22. The molecule has 0 spiro atoms. The lowest BCUT2D eigenvalue weighted by atomic mass is 10.2. The highest BCUT2D eigenvalue weighted by Gasteiger charge is 2.50. The maximum absolute atomic E-state index is 3.79. The number of hydrogen-bond acceptors (Lipinski definition) is 1. The van der Waals surface area contributed by atoms with Crippen LogP contribution in [0, 0.1) is 5.92 Å². The van der Waals surface area contributed by atoms with Gasteiger partial charge < -0.3 is 0 Å². The predicted molar refractivity (Wildman–Crippen MR) is 38.3 cm³/mol. The summed E-state index contributed by atoms with van der Waals surface area (Å²) in [5.74, 6) is 1.03. The summed E-state index contributed by atoms with van der Waals surface area (Å²) in [6.45, 7) is 3.79. The lowest BCUT2D eigenvalue weighted by Gasteiger charge is -1.85. The summed E-state index contributed by atoms with van der Waals surface area (Å²) < 4.78 is 0. The van der Waals surface area contributed by atoms with E-state index in [-0.39, 0.29) is 0 Å². The first-order valence-electron chi connectivity index (χ1n) is 3.69. The van der Waals surface area contributed by atoms with Crippen LogP contribution in [0.4, 0.5) is 0 Å². The molecule has 2 aliphatic rings. The largest absolute Gasteiger partial charge is 0.293 e. The summed E-state index contributed by atoms with van der Waals surface area (Å²) >= 11 is 0. The zero-order valence-corrected chi connectivity index (χ0v) is 5.88. The minimum atomic E-state index is 0.720. The van der Waals surface area contributed by atoms with Crippen molar-refractivity contribution < 1.29 is 0 Å². The number of hydrogen-bond donors (Lipinski definition) is 0. The van der Waals surface area contributed by atoms with Crippen LogP contribution in [0.5, 0.6) is 0 Å². The van der Waals surface area contributed by atoms with Crippen LogP contribution in [0.1, 0.15) is 12.8 Å². The van der Waals surface area contributed by atoms with Crippen LogP contribution >= 0.6 is 0 Å². The van der Waals surface area contributed by atoms with Gasteiger partial charge in [-0.2, -0.15) is 0 Å². The smallest absolute Gasteiger partial charge is 0.0435 e. The van der Waals surface area contributed by atoms with E-state index in [0.717, 1.165) is 18.0 Å². The zero-order valence-electron chi connectivity index (χ0n) is 5.88. The fourth-order valence-electron chi connectivity index (χ4n) is 1.74. The van der Waals surface area contributed by atoms with Gasteiger partial charge in [-0.15, -0.1) is 6.58 Å². The average molecular weight is 123 g/mol. The molecule has 1 aliphatic heterocycles. The number of nitrogens with zero attached hydrogens (tertiary/aromatic N) is 1. The summed E-state index contributed by atoms with van der Waals surface area (Å²) in [5, 5.41) is 0. The van der Waals surface area contributed by atoms with Crippen LogP contribution in [0.3, 0.4) is 0 Å². The first kappa shape index (κ1) is 5.48. The van der Waals surface area contributed by atoms with E-state index in [1.54, 1.807) is 0 Å². The molecule has 1 nitrogen and oxygen atoms in total. The fourth-order valence-corrected chi connectivity index (χ4v) is 1.74. The molecule has 2 rings (SSSR count). The first-order chi connectivity index (χ1) is 4.34. The summed E-state index contributed by atoms with van der Waals surface area (Å²) in [6, 6.07) is 1.60. The van der Waals surface area contributed by atoms with Crippen molar-refractivity contribution in [3.63, 3.8) is 0 Å². The fraction of sp³-hybridized carbons (Fsp3) is 0.750. The minimum absolute atomic E-state index is 0.720. The van der Waals surface area contributed by atoms with Crippen LogP contribution in [0.15, 0.2) is 12.7 Å². The Bertz CT molecular complexity index is 138. The molecule has 0 aromatic rings. The second kappa shape index (κ2) is 1.60. The first-order valence-corrected chi connectivity index (χ1v) is 3.69. The molecular formula is C8H13N.